The molecular formula is C14H16BrFO2. The zero-order valence-electron chi connectivity index (χ0n) is 10.2. The first-order valence-electron chi connectivity index (χ1n) is 6.17. The molecule has 1 aromatic carbocycles. The molecule has 2 nitrogen and oxygen atoms in total. The smallest absolute Gasteiger partial charge is 0.338 e. The number of ether oxygens (including phenoxy) is 1. The van der Waals surface area contributed by atoms with Crippen molar-refractivity contribution in [1.29, 1.82) is 0 Å². The van der Waals surface area contributed by atoms with Crippen molar-refractivity contribution in [2.75, 3.05) is 0 Å². The average Bonchev–Trinajstić information content (AvgIpc) is 2.67. The van der Waals surface area contributed by atoms with Crippen LogP contribution in [0.3, 0.4) is 0 Å². The van der Waals surface area contributed by atoms with Crippen LogP contribution in [0.15, 0.2) is 30.3 Å². The van der Waals surface area contributed by atoms with Crippen LogP contribution < -0.4 is 0 Å². The van der Waals surface area contributed by atoms with E-state index in [0.29, 0.717) is 12.0 Å². The number of alkyl halides is 2. The van der Waals surface area contributed by atoms with Crippen molar-refractivity contribution in [3.8, 4) is 0 Å². The zero-order valence-corrected chi connectivity index (χ0v) is 11.8. The van der Waals surface area contributed by atoms with Crippen molar-refractivity contribution in [3.05, 3.63) is 35.9 Å². The number of hydrogen-bond acceptors (Lipinski definition) is 2. The van der Waals surface area contributed by atoms with Crippen LogP contribution >= 0.6 is 15.9 Å². The highest BCUT2D eigenvalue weighted by Crippen LogP contribution is 2.37. The quantitative estimate of drug-likeness (QED) is 0.627. The third kappa shape index (κ3) is 2.74. The molecular weight excluding hydrogens is 299 g/mol. The Balaban J connectivity index is 2.06. The largest absolute Gasteiger partial charge is 0.455 e. The molecule has 1 fully saturated rings. The van der Waals surface area contributed by atoms with Crippen molar-refractivity contribution in [1.82, 2.24) is 0 Å². The standard InChI is InChI=1S/C14H16BrFO2/c1-2-9-8-11(15)12(16)13(9)18-14(17)10-6-4-3-5-7-10/h3-7,9,11-13H,2,8H2,1H3/t9-,11-,12+,13+/m0/s1. The van der Waals surface area contributed by atoms with Crippen molar-refractivity contribution in [2.45, 2.75) is 36.9 Å². The average molecular weight is 315 g/mol. The van der Waals surface area contributed by atoms with Crippen molar-refractivity contribution >= 4 is 21.9 Å². The summed E-state index contributed by atoms with van der Waals surface area (Å²) >= 11 is 3.31. The Morgan fingerprint density at radius 1 is 1.44 bits per heavy atom. The number of halogens is 2. The summed E-state index contributed by atoms with van der Waals surface area (Å²) in [5.74, 6) is -0.347. The molecule has 0 unspecified atom stereocenters. The third-order valence-electron chi connectivity index (χ3n) is 3.43. The highest BCUT2D eigenvalue weighted by Gasteiger charge is 2.44. The minimum absolute atomic E-state index is 0.0945. The molecule has 0 radical (unpaired) electrons. The van der Waals surface area contributed by atoms with Crippen molar-refractivity contribution < 1.29 is 13.9 Å². The summed E-state index contributed by atoms with van der Waals surface area (Å²) in [6.07, 6.45) is -0.227. The number of benzene rings is 1. The number of rotatable bonds is 3. The molecule has 1 saturated carbocycles. The highest BCUT2D eigenvalue weighted by molar-refractivity contribution is 9.09. The second kappa shape index (κ2) is 5.83. The topological polar surface area (TPSA) is 26.3 Å². The van der Waals surface area contributed by atoms with Crippen molar-refractivity contribution in [2.24, 2.45) is 5.92 Å². The van der Waals surface area contributed by atoms with E-state index in [4.69, 9.17) is 4.74 Å². The van der Waals surface area contributed by atoms with Gasteiger partial charge in [0.2, 0.25) is 0 Å². The fraction of sp³-hybridized carbons (Fsp3) is 0.500. The van der Waals surface area contributed by atoms with Gasteiger partial charge < -0.3 is 4.74 Å². The molecule has 1 aromatic rings. The first-order chi connectivity index (χ1) is 8.63. The molecule has 0 saturated heterocycles. The second-order valence-corrected chi connectivity index (χ2v) is 5.78. The molecule has 18 heavy (non-hydrogen) atoms. The predicted octanol–water partition coefficient (Wildman–Crippen LogP) is 3.74. The summed E-state index contributed by atoms with van der Waals surface area (Å²) in [5.41, 5.74) is 0.470. The van der Waals surface area contributed by atoms with Gasteiger partial charge in [-0.2, -0.15) is 0 Å². The summed E-state index contributed by atoms with van der Waals surface area (Å²) in [6, 6.07) is 8.72. The molecule has 1 aliphatic rings. The SMILES string of the molecule is CC[C@H]1C[C@H](Br)[C@@H](F)[C@@H]1OC(=O)c1ccccc1. The molecule has 4 heteroatoms. The maximum absolute atomic E-state index is 14.0. The van der Waals surface area contributed by atoms with Gasteiger partial charge in [-0.3, -0.25) is 0 Å². The molecule has 0 aromatic heterocycles. The molecule has 2 rings (SSSR count). The molecule has 98 valence electrons. The van der Waals surface area contributed by atoms with E-state index in [9.17, 15) is 9.18 Å². The van der Waals surface area contributed by atoms with Crippen LogP contribution in [0.25, 0.3) is 0 Å². The Morgan fingerprint density at radius 2 is 2.11 bits per heavy atom. The van der Waals surface area contributed by atoms with Crippen LogP contribution in [0.5, 0.6) is 0 Å². The van der Waals surface area contributed by atoms with E-state index >= 15 is 0 Å². The number of carbonyl (C=O) groups excluding carboxylic acids is 1. The first-order valence-corrected chi connectivity index (χ1v) is 7.09. The predicted molar refractivity (Wildman–Crippen MR) is 71.7 cm³/mol. The lowest BCUT2D eigenvalue weighted by atomic mass is 10.0. The summed E-state index contributed by atoms with van der Waals surface area (Å²) in [6.45, 7) is 1.99. The Hall–Kier alpha value is -0.900. The molecule has 0 amide bonds. The normalized spacial score (nSPS) is 31.3. The minimum Gasteiger partial charge on any atom is -0.455 e. The summed E-state index contributed by atoms with van der Waals surface area (Å²) in [4.78, 5) is 11.7. The first kappa shape index (κ1) is 13.5. The van der Waals surface area contributed by atoms with Gasteiger partial charge in [0, 0.05) is 4.83 Å². The Kier molecular flexibility index (Phi) is 4.38. The van der Waals surface area contributed by atoms with Gasteiger partial charge in [-0.1, -0.05) is 41.1 Å². The van der Waals surface area contributed by atoms with Gasteiger partial charge in [0.15, 0.2) is 0 Å². The molecule has 0 bridgehead atoms. The number of hydrogen-bond donors (Lipinski definition) is 0. The summed E-state index contributed by atoms with van der Waals surface area (Å²) in [7, 11) is 0. The van der Waals surface area contributed by atoms with Gasteiger partial charge in [0.1, 0.15) is 12.3 Å². The fourth-order valence-electron chi connectivity index (χ4n) is 2.35. The Labute approximate surface area is 115 Å². The molecule has 0 heterocycles. The van der Waals surface area contributed by atoms with Gasteiger partial charge in [0.05, 0.1) is 5.56 Å². The lowest BCUT2D eigenvalue weighted by Crippen LogP contribution is -2.30. The van der Waals surface area contributed by atoms with E-state index in [1.165, 1.54) is 0 Å². The van der Waals surface area contributed by atoms with E-state index in [-0.39, 0.29) is 10.7 Å². The monoisotopic (exact) mass is 314 g/mol. The minimum atomic E-state index is -1.12. The van der Waals surface area contributed by atoms with Crippen LogP contribution in [0, 0.1) is 5.92 Å². The molecule has 0 spiro atoms. The van der Waals surface area contributed by atoms with E-state index in [1.54, 1.807) is 24.3 Å². The van der Waals surface area contributed by atoms with Gasteiger partial charge >= 0.3 is 5.97 Å². The van der Waals surface area contributed by atoms with Crippen LogP contribution in [0.1, 0.15) is 30.1 Å². The van der Waals surface area contributed by atoms with Crippen LogP contribution in [-0.2, 0) is 4.74 Å². The van der Waals surface area contributed by atoms with E-state index in [0.717, 1.165) is 6.42 Å². The second-order valence-electron chi connectivity index (χ2n) is 4.60. The Morgan fingerprint density at radius 3 is 2.72 bits per heavy atom. The van der Waals surface area contributed by atoms with Gasteiger partial charge in [0.25, 0.3) is 0 Å². The fourth-order valence-corrected chi connectivity index (χ4v) is 3.13. The van der Waals surface area contributed by atoms with Crippen molar-refractivity contribution in [3.63, 3.8) is 0 Å². The maximum Gasteiger partial charge on any atom is 0.338 e. The van der Waals surface area contributed by atoms with Crippen LogP contribution in [0.2, 0.25) is 0 Å². The highest BCUT2D eigenvalue weighted by atomic mass is 79.9. The summed E-state index contributed by atoms with van der Waals surface area (Å²) < 4.78 is 19.3. The Bertz CT molecular complexity index is 410. The van der Waals surface area contributed by atoms with E-state index < -0.39 is 18.2 Å². The molecule has 4 atom stereocenters. The lowest BCUT2D eigenvalue weighted by Gasteiger charge is -2.20. The number of carbonyl (C=O) groups is 1. The molecule has 0 N–H and O–H groups in total. The van der Waals surface area contributed by atoms with Crippen LogP contribution in [0.4, 0.5) is 4.39 Å². The van der Waals surface area contributed by atoms with Gasteiger partial charge in [-0.15, -0.1) is 0 Å². The van der Waals surface area contributed by atoms with Gasteiger partial charge in [-0.25, -0.2) is 9.18 Å². The molecule has 0 aliphatic heterocycles. The van der Waals surface area contributed by atoms with Gasteiger partial charge in [-0.05, 0) is 30.9 Å². The number of esters is 1. The van der Waals surface area contributed by atoms with E-state index in [2.05, 4.69) is 15.9 Å². The molecule has 1 aliphatic carbocycles. The zero-order chi connectivity index (χ0) is 13.1. The summed E-state index contributed by atoms with van der Waals surface area (Å²) in [5, 5.41) is 0. The lowest BCUT2D eigenvalue weighted by molar-refractivity contribution is 0.00104. The third-order valence-corrected chi connectivity index (χ3v) is 4.31. The van der Waals surface area contributed by atoms with E-state index in [1.807, 2.05) is 13.0 Å². The maximum atomic E-state index is 14.0. The van der Waals surface area contributed by atoms with Crippen LogP contribution in [-0.4, -0.2) is 23.1 Å².